The molecular formula is C18H14FN7OS3. The predicted octanol–water partition coefficient (Wildman–Crippen LogP) is 3.68. The van der Waals surface area contributed by atoms with E-state index in [1.807, 2.05) is 30.3 Å². The normalized spacial score (nSPS) is 10.8. The molecule has 0 saturated carbocycles. The van der Waals surface area contributed by atoms with Crippen molar-refractivity contribution in [2.24, 2.45) is 0 Å². The summed E-state index contributed by atoms with van der Waals surface area (Å²) in [6.45, 7) is 0. The number of anilines is 1. The van der Waals surface area contributed by atoms with Crippen molar-refractivity contribution in [2.75, 3.05) is 11.1 Å². The van der Waals surface area contributed by atoms with E-state index >= 15 is 0 Å². The Labute approximate surface area is 183 Å². The Morgan fingerprint density at radius 1 is 1.03 bits per heavy atom. The van der Waals surface area contributed by atoms with E-state index in [0.29, 0.717) is 16.0 Å². The number of carbonyl (C=O) groups excluding carboxylic acids is 1. The van der Waals surface area contributed by atoms with E-state index in [9.17, 15) is 9.18 Å². The fraction of sp³-hybridized carbons (Fsp3) is 0.111. The lowest BCUT2D eigenvalue weighted by atomic mass is 10.2. The third-order valence-corrected chi connectivity index (χ3v) is 6.66. The number of halogens is 1. The quantitative estimate of drug-likeness (QED) is 0.315. The molecule has 152 valence electrons. The zero-order valence-electron chi connectivity index (χ0n) is 15.3. The summed E-state index contributed by atoms with van der Waals surface area (Å²) < 4.78 is 15.3. The molecule has 0 atom stereocenters. The van der Waals surface area contributed by atoms with Crippen LogP contribution < -0.4 is 5.32 Å². The van der Waals surface area contributed by atoms with Crippen LogP contribution in [0.1, 0.15) is 5.56 Å². The van der Waals surface area contributed by atoms with Gasteiger partial charge in [-0.15, -0.1) is 15.3 Å². The highest BCUT2D eigenvalue weighted by Gasteiger charge is 2.13. The van der Waals surface area contributed by atoms with Crippen LogP contribution in [0.25, 0.3) is 5.69 Å². The van der Waals surface area contributed by atoms with E-state index in [4.69, 9.17) is 0 Å². The molecule has 1 N–H and O–H groups in total. The first-order valence-electron chi connectivity index (χ1n) is 8.64. The van der Waals surface area contributed by atoms with Crippen LogP contribution in [0.3, 0.4) is 0 Å². The van der Waals surface area contributed by atoms with Crippen LogP contribution in [0.4, 0.5) is 9.52 Å². The van der Waals surface area contributed by atoms with Gasteiger partial charge in [0.1, 0.15) is 5.82 Å². The largest absolute Gasteiger partial charge is 0.300 e. The number of aromatic nitrogens is 6. The summed E-state index contributed by atoms with van der Waals surface area (Å²) in [4.78, 5) is 12.3. The Hall–Kier alpha value is -2.83. The molecule has 0 radical (unpaired) electrons. The monoisotopic (exact) mass is 459 g/mol. The molecule has 4 rings (SSSR count). The van der Waals surface area contributed by atoms with E-state index in [0.717, 1.165) is 10.1 Å². The van der Waals surface area contributed by atoms with Gasteiger partial charge >= 0.3 is 0 Å². The minimum absolute atomic E-state index is 0.0909. The number of tetrazole rings is 1. The second kappa shape index (κ2) is 9.78. The minimum Gasteiger partial charge on any atom is -0.300 e. The van der Waals surface area contributed by atoms with Crippen LogP contribution >= 0.6 is 34.9 Å². The third-order valence-electron chi connectivity index (χ3n) is 3.70. The highest BCUT2D eigenvalue weighted by atomic mass is 32.2. The van der Waals surface area contributed by atoms with Gasteiger partial charge in [0.15, 0.2) is 4.34 Å². The van der Waals surface area contributed by atoms with Gasteiger partial charge in [-0.1, -0.05) is 65.2 Å². The van der Waals surface area contributed by atoms with Crippen molar-refractivity contribution < 1.29 is 9.18 Å². The summed E-state index contributed by atoms with van der Waals surface area (Å²) >= 11 is 4.06. The summed E-state index contributed by atoms with van der Waals surface area (Å²) in [7, 11) is 0. The Balaban J connectivity index is 1.29. The molecule has 0 bridgehead atoms. The molecule has 0 unspecified atom stereocenters. The van der Waals surface area contributed by atoms with Gasteiger partial charge < -0.3 is 0 Å². The lowest BCUT2D eigenvalue weighted by molar-refractivity contribution is -0.113. The molecular weight excluding hydrogens is 445 g/mol. The number of hydrogen-bond donors (Lipinski definition) is 1. The second-order valence-corrected chi connectivity index (χ2v) is 8.98. The first kappa shape index (κ1) is 20.4. The van der Waals surface area contributed by atoms with Gasteiger partial charge in [0, 0.05) is 5.75 Å². The molecule has 0 saturated heterocycles. The predicted molar refractivity (Wildman–Crippen MR) is 114 cm³/mol. The van der Waals surface area contributed by atoms with E-state index in [1.54, 1.807) is 23.9 Å². The molecule has 0 aliphatic heterocycles. The van der Waals surface area contributed by atoms with Gasteiger partial charge in [0.05, 0.1) is 11.4 Å². The van der Waals surface area contributed by atoms with Gasteiger partial charge in [-0.3, -0.25) is 10.1 Å². The van der Waals surface area contributed by atoms with Gasteiger partial charge in [-0.2, -0.15) is 4.68 Å². The van der Waals surface area contributed by atoms with Crippen LogP contribution in [0, 0.1) is 5.82 Å². The average molecular weight is 460 g/mol. The number of benzene rings is 2. The molecule has 2 aromatic carbocycles. The number of hydrogen-bond acceptors (Lipinski definition) is 9. The van der Waals surface area contributed by atoms with E-state index in [2.05, 4.69) is 31.0 Å². The van der Waals surface area contributed by atoms with Gasteiger partial charge in [0.2, 0.25) is 16.2 Å². The molecule has 2 heterocycles. The van der Waals surface area contributed by atoms with Crippen LogP contribution in [0.2, 0.25) is 0 Å². The molecule has 30 heavy (non-hydrogen) atoms. The second-order valence-electron chi connectivity index (χ2n) is 5.83. The van der Waals surface area contributed by atoms with Crippen LogP contribution in [0.15, 0.2) is 64.1 Å². The molecule has 0 aliphatic carbocycles. The van der Waals surface area contributed by atoms with Crippen molar-refractivity contribution in [1.29, 1.82) is 0 Å². The summed E-state index contributed by atoms with van der Waals surface area (Å²) in [5.74, 6) is 0.280. The number of nitrogens with zero attached hydrogens (tertiary/aromatic N) is 6. The fourth-order valence-corrected chi connectivity index (χ4v) is 4.75. The smallest absolute Gasteiger partial charge is 0.236 e. The van der Waals surface area contributed by atoms with Crippen LogP contribution in [-0.2, 0) is 10.5 Å². The number of nitrogens with one attached hydrogen (secondary N) is 1. The molecule has 0 fully saturated rings. The van der Waals surface area contributed by atoms with Crippen molar-refractivity contribution in [2.45, 2.75) is 15.2 Å². The van der Waals surface area contributed by atoms with Gasteiger partial charge in [0.25, 0.3) is 0 Å². The molecule has 4 aromatic rings. The first-order valence-corrected chi connectivity index (χ1v) is 11.4. The van der Waals surface area contributed by atoms with Gasteiger partial charge in [-0.05, 0) is 40.3 Å². The van der Waals surface area contributed by atoms with Crippen LogP contribution in [-0.4, -0.2) is 42.1 Å². The SMILES string of the molecule is O=C(CSc1nnnn1-c1ccc(F)cc1)Nc1nnc(SCc2ccccc2)s1. The van der Waals surface area contributed by atoms with Crippen molar-refractivity contribution in [3.05, 3.63) is 66.0 Å². The van der Waals surface area contributed by atoms with E-state index in [-0.39, 0.29) is 17.5 Å². The Bertz CT molecular complexity index is 1120. The third kappa shape index (κ3) is 5.40. The highest BCUT2D eigenvalue weighted by Crippen LogP contribution is 2.28. The van der Waals surface area contributed by atoms with E-state index in [1.165, 1.54) is 45.5 Å². The number of thioether (sulfide) groups is 2. The first-order chi connectivity index (χ1) is 14.7. The van der Waals surface area contributed by atoms with Gasteiger partial charge in [-0.25, -0.2) is 4.39 Å². The molecule has 0 spiro atoms. The topological polar surface area (TPSA) is 98.5 Å². The molecule has 12 heteroatoms. The highest BCUT2D eigenvalue weighted by molar-refractivity contribution is 8.00. The summed E-state index contributed by atoms with van der Waals surface area (Å²) in [5, 5.41) is 23.1. The Morgan fingerprint density at radius 3 is 2.63 bits per heavy atom. The maximum Gasteiger partial charge on any atom is 0.236 e. The maximum atomic E-state index is 13.1. The van der Waals surface area contributed by atoms with E-state index < -0.39 is 0 Å². The number of carbonyl (C=O) groups is 1. The fourth-order valence-electron chi connectivity index (χ4n) is 2.34. The number of rotatable bonds is 8. The summed E-state index contributed by atoms with van der Waals surface area (Å²) in [6.07, 6.45) is 0. The lowest BCUT2D eigenvalue weighted by Crippen LogP contribution is -2.14. The molecule has 2 aromatic heterocycles. The molecule has 1 amide bonds. The lowest BCUT2D eigenvalue weighted by Gasteiger charge is -2.04. The van der Waals surface area contributed by atoms with Crippen molar-refractivity contribution in [3.63, 3.8) is 0 Å². The van der Waals surface area contributed by atoms with Crippen molar-refractivity contribution in [1.82, 2.24) is 30.4 Å². The average Bonchev–Trinajstić information content (AvgIpc) is 3.41. The summed E-state index contributed by atoms with van der Waals surface area (Å²) in [5.41, 5.74) is 1.80. The molecule has 0 aliphatic rings. The van der Waals surface area contributed by atoms with Crippen LogP contribution in [0.5, 0.6) is 0 Å². The van der Waals surface area contributed by atoms with Crippen molar-refractivity contribution in [3.8, 4) is 5.69 Å². The Kier molecular flexibility index (Phi) is 6.67. The standard InChI is InChI=1S/C18H14FN7OS3/c19-13-6-8-14(9-7-13)26-17(22-24-25-26)28-11-15(27)20-16-21-23-18(30-16)29-10-12-4-2-1-3-5-12/h1-9H,10-11H2,(H,20,21,27). The molecule has 8 nitrogen and oxygen atoms in total. The maximum absolute atomic E-state index is 13.1. The zero-order chi connectivity index (χ0) is 20.8. The minimum atomic E-state index is -0.348. The van der Waals surface area contributed by atoms with Crippen molar-refractivity contribution >= 4 is 45.9 Å². The number of amides is 1. The zero-order valence-corrected chi connectivity index (χ0v) is 17.8. The summed E-state index contributed by atoms with van der Waals surface area (Å²) in [6, 6.07) is 15.8. The Morgan fingerprint density at radius 2 is 1.83 bits per heavy atom.